The maximum Gasteiger partial charge on any atom is 0.126 e. The number of benzene rings is 1. The third-order valence-electron chi connectivity index (χ3n) is 3.45. The topological polar surface area (TPSA) is 32.7 Å². The summed E-state index contributed by atoms with van der Waals surface area (Å²) in [4.78, 5) is 2.31. The highest BCUT2D eigenvalue weighted by Gasteiger charge is 2.20. The van der Waals surface area contributed by atoms with Crippen LogP contribution in [0.5, 0.6) is 5.75 Å². The zero-order valence-corrected chi connectivity index (χ0v) is 12.1. The van der Waals surface area contributed by atoms with Gasteiger partial charge in [0.2, 0.25) is 0 Å². The second-order valence-corrected chi connectivity index (χ2v) is 4.61. The molecule has 0 heterocycles. The van der Waals surface area contributed by atoms with Crippen LogP contribution in [0.25, 0.3) is 0 Å². The normalized spacial score (nSPS) is 14.1. The molecule has 0 aliphatic carbocycles. The number of hydrogen-bond donors (Lipinski definition) is 1. The van der Waals surface area contributed by atoms with E-state index in [-0.39, 0.29) is 0 Å². The van der Waals surface area contributed by atoms with E-state index in [0.29, 0.717) is 6.04 Å². The maximum atomic E-state index is 10.0. The lowest BCUT2D eigenvalue weighted by atomic mass is 10.0. The SMILES string of the molecule is CCC(C)N(CC)c1cccc(OC)c1C(C)O. The van der Waals surface area contributed by atoms with Gasteiger partial charge in [0, 0.05) is 23.8 Å². The van der Waals surface area contributed by atoms with Gasteiger partial charge in [-0.05, 0) is 39.3 Å². The predicted molar refractivity (Wildman–Crippen MR) is 76.4 cm³/mol. The molecule has 3 heteroatoms. The summed E-state index contributed by atoms with van der Waals surface area (Å²) < 4.78 is 5.37. The third-order valence-corrected chi connectivity index (χ3v) is 3.45. The van der Waals surface area contributed by atoms with E-state index in [4.69, 9.17) is 4.74 Å². The standard InChI is InChI=1S/C15H25NO2/c1-6-11(3)16(7-2)13-9-8-10-14(18-5)15(13)12(4)17/h8-12,17H,6-7H2,1-5H3. The van der Waals surface area contributed by atoms with Crippen LogP contribution in [0.15, 0.2) is 18.2 Å². The molecule has 3 nitrogen and oxygen atoms in total. The summed E-state index contributed by atoms with van der Waals surface area (Å²) in [5.41, 5.74) is 1.95. The van der Waals surface area contributed by atoms with Gasteiger partial charge in [0.1, 0.15) is 5.75 Å². The Balaban J connectivity index is 3.29. The van der Waals surface area contributed by atoms with Gasteiger partial charge < -0.3 is 14.7 Å². The lowest BCUT2D eigenvalue weighted by Crippen LogP contribution is -2.33. The number of hydrogen-bond acceptors (Lipinski definition) is 3. The first-order valence-corrected chi connectivity index (χ1v) is 6.68. The summed E-state index contributed by atoms with van der Waals surface area (Å²) >= 11 is 0. The van der Waals surface area contributed by atoms with Gasteiger partial charge in [-0.1, -0.05) is 13.0 Å². The third kappa shape index (κ3) is 2.96. The minimum Gasteiger partial charge on any atom is -0.496 e. The largest absolute Gasteiger partial charge is 0.496 e. The van der Waals surface area contributed by atoms with Gasteiger partial charge in [-0.25, -0.2) is 0 Å². The molecule has 0 saturated carbocycles. The number of nitrogens with zero attached hydrogens (tertiary/aromatic N) is 1. The van der Waals surface area contributed by atoms with Crippen LogP contribution in [0.4, 0.5) is 5.69 Å². The van der Waals surface area contributed by atoms with Crippen molar-refractivity contribution in [3.63, 3.8) is 0 Å². The van der Waals surface area contributed by atoms with E-state index in [2.05, 4.69) is 31.7 Å². The predicted octanol–water partition coefficient (Wildman–Crippen LogP) is 3.37. The van der Waals surface area contributed by atoms with Crippen molar-refractivity contribution in [1.82, 2.24) is 0 Å². The van der Waals surface area contributed by atoms with E-state index in [0.717, 1.165) is 30.0 Å². The Morgan fingerprint density at radius 3 is 2.39 bits per heavy atom. The van der Waals surface area contributed by atoms with Gasteiger partial charge in [0.25, 0.3) is 0 Å². The molecular weight excluding hydrogens is 226 g/mol. The lowest BCUT2D eigenvalue weighted by Gasteiger charge is -2.32. The van der Waals surface area contributed by atoms with E-state index in [9.17, 15) is 5.11 Å². The van der Waals surface area contributed by atoms with Gasteiger partial charge in [-0.2, -0.15) is 0 Å². The Hall–Kier alpha value is -1.22. The van der Waals surface area contributed by atoms with Crippen molar-refractivity contribution in [3.05, 3.63) is 23.8 Å². The van der Waals surface area contributed by atoms with Gasteiger partial charge in [-0.3, -0.25) is 0 Å². The first-order valence-electron chi connectivity index (χ1n) is 6.68. The van der Waals surface area contributed by atoms with Crippen molar-refractivity contribution in [2.45, 2.75) is 46.3 Å². The van der Waals surface area contributed by atoms with Crippen LogP contribution in [0.1, 0.15) is 45.8 Å². The van der Waals surface area contributed by atoms with E-state index in [1.165, 1.54) is 0 Å². The molecule has 0 aliphatic heterocycles. The fourth-order valence-corrected chi connectivity index (χ4v) is 2.32. The molecule has 18 heavy (non-hydrogen) atoms. The molecule has 2 atom stereocenters. The highest BCUT2D eigenvalue weighted by molar-refractivity contribution is 5.60. The van der Waals surface area contributed by atoms with E-state index in [1.807, 2.05) is 12.1 Å². The molecule has 2 unspecified atom stereocenters. The van der Waals surface area contributed by atoms with Crippen molar-refractivity contribution >= 4 is 5.69 Å². The Labute approximate surface area is 110 Å². The van der Waals surface area contributed by atoms with E-state index >= 15 is 0 Å². The number of aliphatic hydroxyl groups excluding tert-OH is 1. The monoisotopic (exact) mass is 251 g/mol. The molecule has 0 amide bonds. The van der Waals surface area contributed by atoms with Crippen molar-refractivity contribution in [2.75, 3.05) is 18.6 Å². The molecule has 1 N–H and O–H groups in total. The molecule has 0 aromatic heterocycles. The van der Waals surface area contributed by atoms with Crippen molar-refractivity contribution in [3.8, 4) is 5.75 Å². The van der Waals surface area contributed by atoms with Crippen molar-refractivity contribution in [2.24, 2.45) is 0 Å². The Morgan fingerprint density at radius 2 is 1.94 bits per heavy atom. The maximum absolute atomic E-state index is 10.0. The fraction of sp³-hybridized carbons (Fsp3) is 0.600. The zero-order valence-electron chi connectivity index (χ0n) is 12.1. The quantitative estimate of drug-likeness (QED) is 0.841. The van der Waals surface area contributed by atoms with Gasteiger partial charge in [-0.15, -0.1) is 0 Å². The van der Waals surface area contributed by atoms with Crippen LogP contribution in [-0.4, -0.2) is 24.8 Å². The minimum absolute atomic E-state index is 0.444. The van der Waals surface area contributed by atoms with Crippen LogP contribution >= 0.6 is 0 Å². The molecule has 0 saturated heterocycles. The highest BCUT2D eigenvalue weighted by Crippen LogP contribution is 2.35. The summed E-state index contributed by atoms with van der Waals surface area (Å²) in [6, 6.07) is 6.38. The molecule has 0 aliphatic rings. The first-order chi connectivity index (χ1) is 8.56. The second-order valence-electron chi connectivity index (χ2n) is 4.61. The molecule has 0 spiro atoms. The van der Waals surface area contributed by atoms with Crippen molar-refractivity contribution in [1.29, 1.82) is 0 Å². The van der Waals surface area contributed by atoms with Crippen LogP contribution in [0.3, 0.4) is 0 Å². The molecule has 1 aromatic carbocycles. The van der Waals surface area contributed by atoms with Gasteiger partial charge >= 0.3 is 0 Å². The minimum atomic E-state index is -0.533. The number of aliphatic hydroxyl groups is 1. The summed E-state index contributed by atoms with van der Waals surface area (Å²) in [5, 5.41) is 10.0. The lowest BCUT2D eigenvalue weighted by molar-refractivity contribution is 0.194. The summed E-state index contributed by atoms with van der Waals surface area (Å²) in [7, 11) is 1.64. The summed E-state index contributed by atoms with van der Waals surface area (Å²) in [6.07, 6.45) is 0.541. The first kappa shape index (κ1) is 14.8. The Morgan fingerprint density at radius 1 is 1.28 bits per heavy atom. The van der Waals surface area contributed by atoms with Gasteiger partial charge in [0.05, 0.1) is 13.2 Å². The van der Waals surface area contributed by atoms with Crippen LogP contribution < -0.4 is 9.64 Å². The number of ether oxygens (including phenoxy) is 1. The van der Waals surface area contributed by atoms with E-state index < -0.39 is 6.10 Å². The van der Waals surface area contributed by atoms with Crippen LogP contribution in [-0.2, 0) is 0 Å². The smallest absolute Gasteiger partial charge is 0.126 e. The summed E-state index contributed by atoms with van der Waals surface area (Å²) in [6.45, 7) is 9.22. The average molecular weight is 251 g/mol. The highest BCUT2D eigenvalue weighted by atomic mass is 16.5. The van der Waals surface area contributed by atoms with Crippen molar-refractivity contribution < 1.29 is 9.84 Å². The fourth-order valence-electron chi connectivity index (χ4n) is 2.32. The molecule has 0 radical (unpaired) electrons. The molecule has 102 valence electrons. The average Bonchev–Trinajstić information content (AvgIpc) is 2.38. The number of anilines is 1. The molecule has 1 rings (SSSR count). The Kier molecular flexibility index (Phi) is 5.48. The Bertz CT molecular complexity index is 377. The summed E-state index contributed by atoms with van der Waals surface area (Å²) in [5.74, 6) is 0.754. The van der Waals surface area contributed by atoms with Crippen LogP contribution in [0, 0.1) is 0 Å². The molecular formula is C15H25NO2. The number of rotatable bonds is 6. The van der Waals surface area contributed by atoms with E-state index in [1.54, 1.807) is 14.0 Å². The zero-order chi connectivity index (χ0) is 13.7. The second kappa shape index (κ2) is 6.64. The molecule has 1 aromatic rings. The van der Waals surface area contributed by atoms with Gasteiger partial charge in [0.15, 0.2) is 0 Å². The molecule has 0 bridgehead atoms. The molecule has 0 fully saturated rings. The number of methoxy groups -OCH3 is 1. The van der Waals surface area contributed by atoms with Crippen LogP contribution in [0.2, 0.25) is 0 Å².